The fraction of sp³-hybridized carbons (Fsp3) is 0. The average molecular weight is 210 g/mol. The molecule has 1 N–H and O–H groups in total. The summed E-state index contributed by atoms with van der Waals surface area (Å²) < 4.78 is 24.2. The number of sulfonamides is 1. The summed E-state index contributed by atoms with van der Waals surface area (Å²) in [6.07, 6.45) is 0. The normalized spacial score (nSPS) is 17.1. The Morgan fingerprint density at radius 3 is 2.46 bits per heavy atom. The van der Waals surface area contributed by atoms with Crippen LogP contribution in [0.4, 0.5) is 0 Å². The van der Waals surface area contributed by atoms with Crippen LogP contribution in [0.5, 0.6) is 0 Å². The van der Waals surface area contributed by atoms with Gasteiger partial charge in [0.15, 0.2) is 0 Å². The molecule has 1 heterocycles. The second-order valence-electron chi connectivity index (χ2n) is 2.43. The predicted octanol–water partition coefficient (Wildman–Crippen LogP) is -0.0371. The van der Waals surface area contributed by atoms with Crippen LogP contribution in [0, 0.1) is 0 Å². The van der Waals surface area contributed by atoms with Crippen LogP contribution < -0.4 is 4.72 Å². The Balaban J connectivity index is 0. The molecule has 0 aromatic heterocycles. The molecule has 0 saturated carbocycles. The molecule has 1 amide bonds. The number of rotatable bonds is 0. The van der Waals surface area contributed by atoms with Crippen LogP contribution >= 0.6 is 0 Å². The van der Waals surface area contributed by atoms with Gasteiger partial charge in [0, 0.05) is 0 Å². The average Bonchev–Trinajstić information content (AvgIpc) is 2.25. The Bertz CT molecular complexity index is 463. The van der Waals surface area contributed by atoms with Gasteiger partial charge >= 0.3 is 23.1 Å². The van der Waals surface area contributed by atoms with Crippen molar-refractivity contribution in [3.05, 3.63) is 29.8 Å². The second kappa shape index (κ2) is 3.28. The fourth-order valence-corrected chi connectivity index (χ4v) is 2.29. The van der Waals surface area contributed by atoms with Gasteiger partial charge in [-0.3, -0.25) is 4.79 Å². The zero-order valence-electron chi connectivity index (χ0n) is 8.65. The monoisotopic (exact) mass is 209 g/mol. The minimum atomic E-state index is -3.55. The molecule has 0 spiro atoms. The summed E-state index contributed by atoms with van der Waals surface area (Å²) in [7, 11) is -3.55. The maximum absolute atomic E-state index is 11.1. The molecular weight excluding hydrogens is 202 g/mol. The van der Waals surface area contributed by atoms with Crippen molar-refractivity contribution in [2.75, 3.05) is 0 Å². The number of carbonyl (C=O) groups excluding carboxylic acids is 1. The second-order valence-corrected chi connectivity index (χ2v) is 4.08. The minimum absolute atomic E-state index is 0. The van der Waals surface area contributed by atoms with Crippen molar-refractivity contribution in [1.82, 2.24) is 4.72 Å². The topological polar surface area (TPSA) is 63.2 Å². The van der Waals surface area contributed by atoms with Crippen molar-refractivity contribution in [3.8, 4) is 0 Å². The molecule has 0 aliphatic carbocycles. The van der Waals surface area contributed by atoms with Gasteiger partial charge < -0.3 is 2.85 Å². The van der Waals surface area contributed by atoms with Crippen molar-refractivity contribution in [2.45, 2.75) is 4.90 Å². The van der Waals surface area contributed by atoms with E-state index >= 15 is 0 Å². The van der Waals surface area contributed by atoms with E-state index < -0.39 is 15.9 Å². The van der Waals surface area contributed by atoms with Crippen LogP contribution in [0.2, 0.25) is 0 Å². The molecule has 2 rings (SSSR count). The first-order chi connectivity index (χ1) is 5.61. The van der Waals surface area contributed by atoms with E-state index in [4.69, 9.17) is 0 Å². The molecular formula is C7H7MgNO3S. The molecule has 0 unspecified atom stereocenters. The van der Waals surface area contributed by atoms with Crippen molar-refractivity contribution in [1.29, 1.82) is 0 Å². The van der Waals surface area contributed by atoms with E-state index in [0.29, 0.717) is 0 Å². The molecule has 66 valence electrons. The van der Waals surface area contributed by atoms with Crippen molar-refractivity contribution < 1.29 is 16.1 Å². The molecule has 0 bridgehead atoms. The zero-order chi connectivity index (χ0) is 8.77. The van der Waals surface area contributed by atoms with Gasteiger partial charge in [-0.2, -0.15) is 0 Å². The predicted molar refractivity (Wildman–Crippen MR) is 49.1 cm³/mol. The van der Waals surface area contributed by atoms with Gasteiger partial charge in [0.1, 0.15) is 4.90 Å². The van der Waals surface area contributed by atoms with Crippen molar-refractivity contribution >= 4 is 39.0 Å². The number of amides is 1. The number of hydrogen-bond donors (Lipinski definition) is 1. The van der Waals surface area contributed by atoms with Crippen LogP contribution in [0.3, 0.4) is 0 Å². The van der Waals surface area contributed by atoms with Crippen LogP contribution in [0.25, 0.3) is 0 Å². The van der Waals surface area contributed by atoms with E-state index in [2.05, 4.69) is 0 Å². The number of hydrogen-bond acceptors (Lipinski definition) is 3. The van der Waals surface area contributed by atoms with Gasteiger partial charge in [-0.05, 0) is 12.1 Å². The summed E-state index contributed by atoms with van der Waals surface area (Å²) >= 11 is 0. The van der Waals surface area contributed by atoms with Crippen LogP contribution in [-0.4, -0.2) is 37.4 Å². The van der Waals surface area contributed by atoms with Crippen LogP contribution in [0.1, 0.15) is 13.2 Å². The Labute approximate surface area is 94.5 Å². The third-order valence-electron chi connectivity index (χ3n) is 1.65. The van der Waals surface area contributed by atoms with Gasteiger partial charge in [-0.1, -0.05) is 12.1 Å². The Morgan fingerprint density at radius 2 is 1.85 bits per heavy atom. The summed E-state index contributed by atoms with van der Waals surface area (Å²) in [4.78, 5) is 11.1. The minimum Gasteiger partial charge on any atom is -1.00 e. The molecule has 4 nitrogen and oxygen atoms in total. The molecule has 0 saturated heterocycles. The Kier molecular flexibility index (Phi) is 2.65. The molecule has 0 atom stereocenters. The standard InChI is InChI=1S/C7H5NO3S.Mg.2H/c9-7-5-3-1-2-4-6(5)12(10,11)8-7;;;/h1-4H,(H,8,9);;;/q;+2;2*-1. The van der Waals surface area contributed by atoms with Gasteiger partial charge in [0.2, 0.25) is 0 Å². The van der Waals surface area contributed by atoms with Gasteiger partial charge in [0.25, 0.3) is 15.9 Å². The van der Waals surface area contributed by atoms with Gasteiger partial charge in [-0.25, -0.2) is 13.1 Å². The van der Waals surface area contributed by atoms with Crippen LogP contribution in [-0.2, 0) is 10.0 Å². The largest absolute Gasteiger partial charge is 2.00 e. The molecule has 0 radical (unpaired) electrons. The first-order valence-corrected chi connectivity index (χ1v) is 4.76. The molecule has 0 fully saturated rings. The van der Waals surface area contributed by atoms with Gasteiger partial charge in [-0.15, -0.1) is 0 Å². The number of fused-ring (bicyclic) bond motifs is 1. The number of carbonyl (C=O) groups is 1. The zero-order valence-corrected chi connectivity index (χ0v) is 8.88. The van der Waals surface area contributed by atoms with Gasteiger partial charge in [0.05, 0.1) is 5.56 Å². The summed E-state index contributed by atoms with van der Waals surface area (Å²) in [6.45, 7) is 0. The third-order valence-corrected chi connectivity index (χ3v) is 3.04. The van der Waals surface area contributed by atoms with Crippen molar-refractivity contribution in [3.63, 3.8) is 0 Å². The van der Waals surface area contributed by atoms with E-state index in [1.807, 2.05) is 4.72 Å². The smallest absolute Gasteiger partial charge is 1.00 e. The van der Waals surface area contributed by atoms with Crippen molar-refractivity contribution in [2.24, 2.45) is 0 Å². The quantitative estimate of drug-likeness (QED) is 0.610. The molecule has 1 aliphatic rings. The molecule has 1 aromatic carbocycles. The van der Waals surface area contributed by atoms with E-state index in [0.717, 1.165) is 0 Å². The number of benzene rings is 1. The number of nitrogens with one attached hydrogen (secondary N) is 1. The first-order valence-electron chi connectivity index (χ1n) is 3.27. The summed E-state index contributed by atoms with van der Waals surface area (Å²) in [5, 5.41) is 0. The van der Waals surface area contributed by atoms with Crippen LogP contribution in [0.15, 0.2) is 29.2 Å². The summed E-state index contributed by atoms with van der Waals surface area (Å²) in [6, 6.07) is 6.09. The van der Waals surface area contributed by atoms with E-state index in [1.165, 1.54) is 12.1 Å². The maximum atomic E-state index is 11.1. The molecule has 13 heavy (non-hydrogen) atoms. The first kappa shape index (κ1) is 10.5. The SMILES string of the molecule is O=C1NS(=O)(=O)c2ccccc21.[H-].[H-].[Mg+2]. The van der Waals surface area contributed by atoms with E-state index in [-0.39, 0.29) is 36.4 Å². The molecule has 6 heteroatoms. The fourth-order valence-electron chi connectivity index (χ4n) is 1.12. The van der Waals surface area contributed by atoms with E-state index in [9.17, 15) is 13.2 Å². The maximum Gasteiger partial charge on any atom is 2.00 e. The summed E-state index contributed by atoms with van der Waals surface area (Å²) in [5.41, 5.74) is 0.220. The Morgan fingerprint density at radius 1 is 1.23 bits per heavy atom. The summed E-state index contributed by atoms with van der Waals surface area (Å²) in [5.74, 6) is -0.550. The Hall–Kier alpha value is -0.594. The van der Waals surface area contributed by atoms with E-state index in [1.54, 1.807) is 12.1 Å². The molecule has 1 aliphatic heterocycles. The third kappa shape index (κ3) is 1.56. The molecule has 1 aromatic rings.